The molecular formula is C12H13ClN2O3S2. The Morgan fingerprint density at radius 3 is 3.05 bits per heavy atom. The molecule has 1 aromatic carbocycles. The molecule has 0 fully saturated rings. The maximum absolute atomic E-state index is 10.5. The van der Waals surface area contributed by atoms with Gasteiger partial charge >= 0.3 is 5.97 Å². The molecule has 0 amide bonds. The number of aliphatic carboxylic acids is 1. The van der Waals surface area contributed by atoms with Crippen molar-refractivity contribution in [2.75, 3.05) is 23.5 Å². The number of thioether (sulfide) groups is 1. The lowest BCUT2D eigenvalue weighted by atomic mass is 10.3. The van der Waals surface area contributed by atoms with Crippen LogP contribution in [0.4, 0.5) is 5.69 Å². The number of thiazole rings is 1. The van der Waals surface area contributed by atoms with Gasteiger partial charge in [0.15, 0.2) is 4.34 Å². The highest BCUT2D eigenvalue weighted by Crippen LogP contribution is 2.31. The van der Waals surface area contributed by atoms with Gasteiger partial charge in [0.25, 0.3) is 0 Å². The second kappa shape index (κ2) is 7.12. The van der Waals surface area contributed by atoms with Crippen LogP contribution in [0, 0.1) is 0 Å². The summed E-state index contributed by atoms with van der Waals surface area (Å²) in [7, 11) is 0. The Bertz CT molecular complexity index is 605. The number of aliphatic hydroxyl groups excluding tert-OH is 1. The number of aliphatic hydroxyl groups is 1. The molecular weight excluding hydrogens is 320 g/mol. The van der Waals surface area contributed by atoms with Gasteiger partial charge in [-0.25, -0.2) is 4.98 Å². The minimum absolute atomic E-state index is 0.00679. The van der Waals surface area contributed by atoms with E-state index < -0.39 is 12.1 Å². The Kier molecular flexibility index (Phi) is 5.47. The fourth-order valence-electron chi connectivity index (χ4n) is 1.49. The quantitative estimate of drug-likeness (QED) is 0.534. The number of fused-ring (bicyclic) bond motifs is 1. The molecule has 1 aromatic heterocycles. The predicted octanol–water partition coefficient (Wildman–Crippen LogP) is 2.48. The van der Waals surface area contributed by atoms with Gasteiger partial charge in [0.2, 0.25) is 0 Å². The zero-order valence-electron chi connectivity index (χ0n) is 10.4. The van der Waals surface area contributed by atoms with E-state index in [9.17, 15) is 9.90 Å². The molecule has 8 heteroatoms. The van der Waals surface area contributed by atoms with Crippen molar-refractivity contribution in [3.05, 3.63) is 18.2 Å². The minimum Gasteiger partial charge on any atom is -0.481 e. The molecule has 0 spiro atoms. The van der Waals surface area contributed by atoms with Gasteiger partial charge in [0.05, 0.1) is 28.0 Å². The maximum atomic E-state index is 10.5. The second-order valence-corrected chi connectivity index (χ2v) is 6.60. The molecule has 1 atom stereocenters. The van der Waals surface area contributed by atoms with Crippen molar-refractivity contribution < 1.29 is 15.0 Å². The van der Waals surface area contributed by atoms with Crippen molar-refractivity contribution in [3.8, 4) is 0 Å². The number of aromatic nitrogens is 1. The van der Waals surface area contributed by atoms with Crippen LogP contribution in [0.3, 0.4) is 0 Å². The van der Waals surface area contributed by atoms with Gasteiger partial charge in [-0.3, -0.25) is 4.79 Å². The Morgan fingerprint density at radius 1 is 1.55 bits per heavy atom. The lowest BCUT2D eigenvalue weighted by Crippen LogP contribution is -2.20. The minimum atomic E-state index is -0.855. The fourth-order valence-corrected chi connectivity index (χ4v) is 3.43. The van der Waals surface area contributed by atoms with E-state index in [-0.39, 0.29) is 11.6 Å². The van der Waals surface area contributed by atoms with E-state index in [1.165, 1.54) is 23.1 Å². The summed E-state index contributed by atoms with van der Waals surface area (Å²) >= 11 is 8.19. The molecule has 0 saturated heterocycles. The molecule has 5 nitrogen and oxygen atoms in total. The second-order valence-electron chi connectivity index (χ2n) is 4.03. The lowest BCUT2D eigenvalue weighted by Gasteiger charge is -2.09. The number of hydrogen-bond donors (Lipinski definition) is 3. The summed E-state index contributed by atoms with van der Waals surface area (Å²) in [6.07, 6.45) is -0.587. The Morgan fingerprint density at radius 2 is 2.35 bits per heavy atom. The molecule has 108 valence electrons. The van der Waals surface area contributed by atoms with Gasteiger partial charge in [-0.2, -0.15) is 0 Å². The number of hydrogen-bond acceptors (Lipinski definition) is 6. The zero-order chi connectivity index (χ0) is 14.5. The third kappa shape index (κ3) is 4.24. The molecule has 20 heavy (non-hydrogen) atoms. The van der Waals surface area contributed by atoms with Gasteiger partial charge in [0.1, 0.15) is 0 Å². The molecule has 0 aliphatic carbocycles. The standard InChI is InChI=1S/C12H13ClN2O3S2/c13-4-8(16)5-14-7-1-2-9-10(3-7)20-12(15-9)19-6-11(17)18/h1-3,8,14,16H,4-6H2,(H,17,18). The van der Waals surface area contributed by atoms with Crippen molar-refractivity contribution in [1.29, 1.82) is 0 Å². The van der Waals surface area contributed by atoms with Gasteiger partial charge in [0, 0.05) is 12.2 Å². The number of carbonyl (C=O) groups is 1. The Balaban J connectivity index is 2.07. The summed E-state index contributed by atoms with van der Waals surface area (Å²) in [4.78, 5) is 14.9. The third-order valence-corrected chi connectivity index (χ3v) is 4.91. The monoisotopic (exact) mass is 332 g/mol. The molecule has 0 saturated carbocycles. The van der Waals surface area contributed by atoms with E-state index in [4.69, 9.17) is 16.7 Å². The van der Waals surface area contributed by atoms with Gasteiger partial charge in [-0.15, -0.1) is 22.9 Å². The first-order valence-corrected chi connectivity index (χ1v) is 8.15. The average molecular weight is 333 g/mol. The van der Waals surface area contributed by atoms with Crippen LogP contribution in [-0.4, -0.2) is 45.4 Å². The van der Waals surface area contributed by atoms with Gasteiger partial charge in [-0.05, 0) is 18.2 Å². The molecule has 1 unspecified atom stereocenters. The van der Waals surface area contributed by atoms with Crippen LogP contribution in [-0.2, 0) is 4.79 Å². The van der Waals surface area contributed by atoms with Gasteiger partial charge in [-0.1, -0.05) is 11.8 Å². The summed E-state index contributed by atoms with van der Waals surface area (Å²) in [5, 5.41) is 21.1. The number of carboxylic acids is 1. The third-order valence-electron chi connectivity index (χ3n) is 2.41. The number of anilines is 1. The van der Waals surface area contributed by atoms with Crippen LogP contribution in [0.15, 0.2) is 22.5 Å². The number of alkyl halides is 1. The molecule has 0 bridgehead atoms. The van der Waals surface area contributed by atoms with Crippen molar-refractivity contribution in [3.63, 3.8) is 0 Å². The van der Waals surface area contributed by atoms with Crippen LogP contribution in [0.2, 0.25) is 0 Å². The summed E-state index contributed by atoms with van der Waals surface area (Å²) in [5.41, 5.74) is 1.71. The topological polar surface area (TPSA) is 82.5 Å². The highest BCUT2D eigenvalue weighted by Gasteiger charge is 2.08. The van der Waals surface area contributed by atoms with Crippen LogP contribution in [0.1, 0.15) is 0 Å². The van der Waals surface area contributed by atoms with E-state index in [2.05, 4.69) is 10.3 Å². The molecule has 1 heterocycles. The summed E-state index contributed by atoms with van der Waals surface area (Å²) < 4.78 is 1.71. The largest absolute Gasteiger partial charge is 0.481 e. The van der Waals surface area contributed by atoms with E-state index in [1.807, 2.05) is 18.2 Å². The SMILES string of the molecule is O=C(O)CSc1nc2ccc(NCC(O)CCl)cc2s1. The summed E-state index contributed by atoms with van der Waals surface area (Å²) in [6.45, 7) is 0.383. The number of halogens is 1. The van der Waals surface area contributed by atoms with Crippen LogP contribution < -0.4 is 5.32 Å². The normalized spacial score (nSPS) is 12.5. The fraction of sp³-hybridized carbons (Fsp3) is 0.333. The van der Waals surface area contributed by atoms with E-state index >= 15 is 0 Å². The maximum Gasteiger partial charge on any atom is 0.313 e. The van der Waals surface area contributed by atoms with Crippen LogP contribution in [0.25, 0.3) is 10.2 Å². The number of carboxylic acid groups (broad SMARTS) is 1. The predicted molar refractivity (Wildman–Crippen MR) is 83.2 cm³/mol. The van der Waals surface area contributed by atoms with E-state index in [1.54, 1.807) is 0 Å². The van der Waals surface area contributed by atoms with Crippen LogP contribution >= 0.6 is 34.7 Å². The number of benzene rings is 1. The van der Waals surface area contributed by atoms with Crippen molar-refractivity contribution in [2.45, 2.75) is 10.4 Å². The first-order valence-electron chi connectivity index (χ1n) is 5.81. The van der Waals surface area contributed by atoms with E-state index in [0.717, 1.165) is 20.2 Å². The zero-order valence-corrected chi connectivity index (χ0v) is 12.8. The first kappa shape index (κ1) is 15.4. The number of rotatable bonds is 7. The molecule has 3 N–H and O–H groups in total. The first-order chi connectivity index (χ1) is 9.58. The van der Waals surface area contributed by atoms with Gasteiger partial charge < -0.3 is 15.5 Å². The molecule has 0 radical (unpaired) electrons. The number of nitrogens with zero attached hydrogens (tertiary/aromatic N) is 1. The molecule has 0 aliphatic heterocycles. The van der Waals surface area contributed by atoms with E-state index in [0.29, 0.717) is 6.54 Å². The summed E-state index contributed by atoms with van der Waals surface area (Å²) in [6, 6.07) is 5.67. The average Bonchev–Trinajstić information content (AvgIpc) is 2.84. The molecule has 2 rings (SSSR count). The molecule has 2 aromatic rings. The Labute approximate surface area is 129 Å². The Hall–Kier alpha value is -1.02. The number of nitrogens with one attached hydrogen (secondary N) is 1. The van der Waals surface area contributed by atoms with Crippen molar-refractivity contribution >= 4 is 56.6 Å². The lowest BCUT2D eigenvalue weighted by molar-refractivity contribution is -0.133. The van der Waals surface area contributed by atoms with Crippen molar-refractivity contribution in [1.82, 2.24) is 4.98 Å². The highest BCUT2D eigenvalue weighted by molar-refractivity contribution is 8.01. The van der Waals surface area contributed by atoms with Crippen LogP contribution in [0.5, 0.6) is 0 Å². The van der Waals surface area contributed by atoms with Crippen molar-refractivity contribution in [2.24, 2.45) is 0 Å². The molecule has 0 aliphatic rings. The smallest absolute Gasteiger partial charge is 0.313 e. The summed E-state index contributed by atoms with van der Waals surface area (Å²) in [5.74, 6) is -0.662. The highest BCUT2D eigenvalue weighted by atomic mass is 35.5.